The van der Waals surface area contributed by atoms with Crippen molar-refractivity contribution in [1.82, 2.24) is 0 Å². The fourth-order valence-corrected chi connectivity index (χ4v) is 10.0. The molecule has 0 bridgehead atoms. The Morgan fingerprint density at radius 2 is 1.41 bits per heavy atom. The molecule has 1 heteroatoms. The van der Waals surface area contributed by atoms with Crippen LogP contribution in [0.25, 0.3) is 0 Å². The molecular weight excluding hydrogens is 220 g/mol. The molecule has 0 fully saturated rings. The molecule has 0 spiro atoms. The number of benzene rings is 1. The van der Waals surface area contributed by atoms with Crippen LogP contribution in [0.4, 0.5) is 0 Å². The van der Waals surface area contributed by atoms with Gasteiger partial charge in [-0.2, -0.15) is 0 Å². The maximum absolute atomic E-state index is 4.05. The molecule has 0 aliphatic rings. The van der Waals surface area contributed by atoms with E-state index in [1.165, 1.54) is 0 Å². The van der Waals surface area contributed by atoms with E-state index in [4.69, 9.17) is 0 Å². The van der Waals surface area contributed by atoms with Crippen LogP contribution in [0.2, 0.25) is 16.6 Å². The first-order valence-electron chi connectivity index (χ1n) is 6.66. The number of rotatable bonds is 5. The molecule has 0 aliphatic heterocycles. The molecule has 1 unspecified atom stereocenters. The zero-order valence-electron chi connectivity index (χ0n) is 11.9. The predicted molar refractivity (Wildman–Crippen MR) is 81.6 cm³/mol. The van der Waals surface area contributed by atoms with E-state index in [-0.39, 0.29) is 0 Å². The average Bonchev–Trinajstić information content (AvgIpc) is 2.30. The second kappa shape index (κ2) is 5.68. The molecule has 0 radical (unpaired) electrons. The van der Waals surface area contributed by atoms with Crippen LogP contribution in [0.1, 0.15) is 34.6 Å². The molecular formula is C16H26Si. The fourth-order valence-electron chi connectivity index (χ4n) is 3.57. The summed E-state index contributed by atoms with van der Waals surface area (Å²) in [5, 5.41) is 1.58. The molecule has 94 valence electrons. The van der Waals surface area contributed by atoms with Gasteiger partial charge in [0.15, 0.2) is 0 Å². The third-order valence-electron chi connectivity index (χ3n) is 4.29. The van der Waals surface area contributed by atoms with E-state index in [2.05, 4.69) is 77.6 Å². The van der Waals surface area contributed by atoms with Crippen LogP contribution < -0.4 is 5.19 Å². The minimum Gasteiger partial charge on any atom is -0.103 e. The van der Waals surface area contributed by atoms with Crippen molar-refractivity contribution in [2.24, 2.45) is 0 Å². The second-order valence-electron chi connectivity index (χ2n) is 5.63. The summed E-state index contributed by atoms with van der Waals surface area (Å²) in [6.07, 6.45) is 2.17. The van der Waals surface area contributed by atoms with Crippen LogP contribution >= 0.6 is 0 Å². The number of allylic oxidation sites excluding steroid dienone is 1. The minimum atomic E-state index is -1.55. The van der Waals surface area contributed by atoms with Gasteiger partial charge in [-0.1, -0.05) is 76.2 Å². The second-order valence-corrected chi connectivity index (χ2v) is 11.3. The topological polar surface area (TPSA) is 0 Å². The predicted octanol–water partition coefficient (Wildman–Crippen LogP) is 4.74. The van der Waals surface area contributed by atoms with Gasteiger partial charge in [0.25, 0.3) is 0 Å². The lowest BCUT2D eigenvalue weighted by molar-refractivity contribution is 0.864. The highest BCUT2D eigenvalue weighted by Gasteiger charge is 2.44. The highest BCUT2D eigenvalue weighted by atomic mass is 28.3. The molecule has 1 aromatic rings. The van der Waals surface area contributed by atoms with Gasteiger partial charge < -0.3 is 0 Å². The van der Waals surface area contributed by atoms with E-state index in [1.807, 2.05) is 0 Å². The minimum absolute atomic E-state index is 0.616. The summed E-state index contributed by atoms with van der Waals surface area (Å²) in [6, 6.07) is 11.1. The Labute approximate surface area is 108 Å². The number of hydrogen-bond acceptors (Lipinski definition) is 0. The van der Waals surface area contributed by atoms with Gasteiger partial charge in [-0.3, -0.25) is 0 Å². The largest absolute Gasteiger partial charge is 0.103 e. The zero-order chi connectivity index (χ0) is 13.1. The van der Waals surface area contributed by atoms with Gasteiger partial charge in [0.05, 0.1) is 8.07 Å². The van der Waals surface area contributed by atoms with Gasteiger partial charge in [-0.05, 0) is 16.6 Å². The fraction of sp³-hybridized carbons (Fsp3) is 0.500. The quantitative estimate of drug-likeness (QED) is 0.520. The first-order chi connectivity index (χ1) is 7.97. The molecule has 0 saturated heterocycles. The maximum atomic E-state index is 4.05. The lowest BCUT2D eigenvalue weighted by Gasteiger charge is -2.43. The van der Waals surface area contributed by atoms with Gasteiger partial charge in [0, 0.05) is 0 Å². The highest BCUT2D eigenvalue weighted by molar-refractivity contribution is 6.95. The number of hydrogen-bond donors (Lipinski definition) is 0. The molecule has 1 atom stereocenters. The van der Waals surface area contributed by atoms with Gasteiger partial charge in [0.2, 0.25) is 0 Å². The molecule has 0 amide bonds. The molecule has 17 heavy (non-hydrogen) atoms. The van der Waals surface area contributed by atoms with Crippen molar-refractivity contribution in [3.63, 3.8) is 0 Å². The Morgan fingerprint density at radius 3 is 1.76 bits per heavy atom. The van der Waals surface area contributed by atoms with E-state index in [0.717, 1.165) is 11.1 Å². The van der Waals surface area contributed by atoms with E-state index < -0.39 is 8.07 Å². The first kappa shape index (κ1) is 14.2. The molecule has 1 rings (SSSR count). The summed E-state index contributed by atoms with van der Waals surface area (Å²) in [5.41, 5.74) is 2.08. The lowest BCUT2D eigenvalue weighted by Crippen LogP contribution is -2.55. The first-order valence-corrected chi connectivity index (χ1v) is 8.89. The lowest BCUT2D eigenvalue weighted by atomic mass is 10.4. The Morgan fingerprint density at radius 1 is 0.941 bits per heavy atom. The van der Waals surface area contributed by atoms with Crippen LogP contribution in [0, 0.1) is 0 Å². The van der Waals surface area contributed by atoms with Crippen LogP contribution in [0.15, 0.2) is 43.0 Å². The summed E-state index contributed by atoms with van der Waals surface area (Å²) in [6.45, 7) is 16.0. The molecule has 1 aromatic carbocycles. The van der Waals surface area contributed by atoms with Crippen molar-refractivity contribution in [3.8, 4) is 0 Å². The smallest absolute Gasteiger partial charge is 0.0981 e. The molecule has 0 heterocycles. The van der Waals surface area contributed by atoms with Gasteiger partial charge >= 0.3 is 0 Å². The standard InChI is InChI=1S/C16H26Si/c1-7-15(6)17(13(2)3,14(4)5)16-11-9-8-10-12-16/h7-15H,1H2,2-6H3. The van der Waals surface area contributed by atoms with Gasteiger partial charge in [0.1, 0.15) is 0 Å². The molecule has 0 aromatic heterocycles. The summed E-state index contributed by atoms with van der Waals surface area (Å²) < 4.78 is 0. The maximum Gasteiger partial charge on any atom is 0.0981 e. The Bertz CT molecular complexity index is 343. The van der Waals surface area contributed by atoms with Gasteiger partial charge in [-0.15, -0.1) is 6.58 Å². The summed E-state index contributed by atoms with van der Waals surface area (Å²) in [5.74, 6) is 0. The van der Waals surface area contributed by atoms with Crippen molar-refractivity contribution < 1.29 is 0 Å². The summed E-state index contributed by atoms with van der Waals surface area (Å²) >= 11 is 0. The average molecular weight is 246 g/mol. The Balaban J connectivity index is 3.40. The summed E-state index contributed by atoms with van der Waals surface area (Å²) in [4.78, 5) is 0. The Hall–Kier alpha value is -0.823. The molecule has 0 nitrogen and oxygen atoms in total. The Kier molecular flexibility index (Phi) is 4.76. The molecule has 0 aliphatic carbocycles. The van der Waals surface area contributed by atoms with Crippen LogP contribution in [-0.2, 0) is 0 Å². The van der Waals surface area contributed by atoms with Crippen LogP contribution in [-0.4, -0.2) is 8.07 Å². The van der Waals surface area contributed by atoms with Crippen LogP contribution in [0.5, 0.6) is 0 Å². The third-order valence-corrected chi connectivity index (χ3v) is 11.2. The monoisotopic (exact) mass is 246 g/mol. The molecule has 0 saturated carbocycles. The van der Waals surface area contributed by atoms with E-state index >= 15 is 0 Å². The van der Waals surface area contributed by atoms with E-state index in [9.17, 15) is 0 Å². The SMILES string of the molecule is C=CC(C)[Si](c1ccccc1)(C(C)C)C(C)C. The van der Waals surface area contributed by atoms with Crippen molar-refractivity contribution in [2.45, 2.75) is 51.2 Å². The third kappa shape index (κ3) is 2.39. The van der Waals surface area contributed by atoms with Crippen molar-refractivity contribution >= 4 is 13.3 Å². The molecule has 0 N–H and O–H groups in total. The van der Waals surface area contributed by atoms with E-state index in [0.29, 0.717) is 5.54 Å². The normalized spacial score (nSPS) is 14.1. The van der Waals surface area contributed by atoms with Gasteiger partial charge in [-0.25, -0.2) is 0 Å². The van der Waals surface area contributed by atoms with Crippen LogP contribution in [0.3, 0.4) is 0 Å². The van der Waals surface area contributed by atoms with Crippen molar-refractivity contribution in [3.05, 3.63) is 43.0 Å². The van der Waals surface area contributed by atoms with E-state index in [1.54, 1.807) is 5.19 Å². The van der Waals surface area contributed by atoms with Crippen molar-refractivity contribution in [1.29, 1.82) is 0 Å². The summed E-state index contributed by atoms with van der Waals surface area (Å²) in [7, 11) is -1.55. The zero-order valence-corrected chi connectivity index (χ0v) is 12.9. The van der Waals surface area contributed by atoms with Crippen molar-refractivity contribution in [2.75, 3.05) is 0 Å². The highest BCUT2D eigenvalue weighted by Crippen LogP contribution is 2.41.